The van der Waals surface area contributed by atoms with Crippen molar-refractivity contribution in [1.29, 1.82) is 0 Å². The summed E-state index contributed by atoms with van der Waals surface area (Å²) in [6.45, 7) is 5.91. The van der Waals surface area contributed by atoms with Crippen LogP contribution in [0.25, 0.3) is 0 Å². The van der Waals surface area contributed by atoms with Crippen LogP contribution in [-0.4, -0.2) is 34.5 Å². The van der Waals surface area contributed by atoms with Gasteiger partial charge in [0.25, 0.3) is 0 Å². The molecule has 2 amide bonds. The topological polar surface area (TPSA) is 57.6 Å². The lowest BCUT2D eigenvalue weighted by Gasteiger charge is -2.28. The van der Waals surface area contributed by atoms with E-state index >= 15 is 0 Å². The van der Waals surface area contributed by atoms with Gasteiger partial charge in [0.15, 0.2) is 0 Å². The highest BCUT2D eigenvalue weighted by Gasteiger charge is 2.72. The summed E-state index contributed by atoms with van der Waals surface area (Å²) >= 11 is 0. The number of carbonyl (C=O) groups is 2. The summed E-state index contributed by atoms with van der Waals surface area (Å²) in [6, 6.07) is -0.117. The largest absolute Gasteiger partial charge is 0.396 e. The first-order chi connectivity index (χ1) is 7.46. The molecule has 16 heavy (non-hydrogen) atoms. The number of aliphatic hydroxyl groups is 1. The van der Waals surface area contributed by atoms with Crippen LogP contribution in [-0.2, 0) is 9.59 Å². The molecule has 2 rings (SSSR count). The first-order valence-electron chi connectivity index (χ1n) is 5.94. The van der Waals surface area contributed by atoms with Crippen LogP contribution in [0, 0.1) is 17.3 Å². The normalized spacial score (nSPS) is 32.9. The van der Waals surface area contributed by atoms with Crippen molar-refractivity contribution in [3.63, 3.8) is 0 Å². The molecule has 0 aromatic rings. The predicted molar refractivity (Wildman–Crippen MR) is 58.4 cm³/mol. The molecule has 2 fully saturated rings. The van der Waals surface area contributed by atoms with Crippen molar-refractivity contribution in [2.24, 2.45) is 17.3 Å². The number of nitrogens with zero attached hydrogens (tertiary/aromatic N) is 1. The van der Waals surface area contributed by atoms with Crippen LogP contribution < -0.4 is 0 Å². The molecule has 1 aliphatic carbocycles. The van der Waals surface area contributed by atoms with E-state index in [2.05, 4.69) is 0 Å². The number of imide groups is 1. The predicted octanol–water partition coefficient (Wildman–Crippen LogP) is 0.788. The zero-order valence-corrected chi connectivity index (χ0v) is 10.1. The minimum atomic E-state index is -0.137. The summed E-state index contributed by atoms with van der Waals surface area (Å²) in [6.07, 6.45) is 1.21. The molecule has 1 aliphatic heterocycles. The Bertz CT molecular complexity index is 313. The quantitative estimate of drug-likeness (QED) is 0.720. The average Bonchev–Trinajstić information content (AvgIpc) is 2.67. The maximum Gasteiger partial charge on any atom is 0.233 e. The number of hydrogen-bond donors (Lipinski definition) is 1. The second-order valence-corrected chi connectivity index (χ2v) is 5.40. The molecular formula is C12H19NO3. The first kappa shape index (κ1) is 11.6. The summed E-state index contributed by atoms with van der Waals surface area (Å²) < 4.78 is 0. The molecule has 0 radical (unpaired) electrons. The van der Waals surface area contributed by atoms with Gasteiger partial charge in [0, 0.05) is 12.6 Å². The van der Waals surface area contributed by atoms with Crippen molar-refractivity contribution >= 4 is 11.8 Å². The molecule has 3 unspecified atom stereocenters. The Morgan fingerprint density at radius 2 is 1.81 bits per heavy atom. The van der Waals surface area contributed by atoms with Crippen LogP contribution in [0.2, 0.25) is 0 Å². The Labute approximate surface area is 95.6 Å². The number of aliphatic hydroxyl groups excluding tert-OH is 1. The lowest BCUT2D eigenvalue weighted by Crippen LogP contribution is -2.44. The van der Waals surface area contributed by atoms with Gasteiger partial charge in [-0.3, -0.25) is 14.5 Å². The molecule has 1 heterocycles. The van der Waals surface area contributed by atoms with Crippen molar-refractivity contribution in [2.45, 2.75) is 39.7 Å². The first-order valence-corrected chi connectivity index (χ1v) is 5.94. The van der Waals surface area contributed by atoms with Gasteiger partial charge in [0.1, 0.15) is 0 Å². The van der Waals surface area contributed by atoms with E-state index in [1.54, 1.807) is 0 Å². The number of amides is 2. The highest BCUT2D eigenvalue weighted by molar-refractivity contribution is 6.10. The smallest absolute Gasteiger partial charge is 0.233 e. The van der Waals surface area contributed by atoms with E-state index in [1.165, 1.54) is 4.90 Å². The van der Waals surface area contributed by atoms with Crippen LogP contribution in [0.3, 0.4) is 0 Å². The molecule has 1 saturated heterocycles. The fraction of sp³-hybridized carbons (Fsp3) is 0.833. The van der Waals surface area contributed by atoms with Crippen LogP contribution in [0.15, 0.2) is 0 Å². The van der Waals surface area contributed by atoms with Crippen LogP contribution in [0.4, 0.5) is 0 Å². The fourth-order valence-corrected chi connectivity index (χ4v) is 2.99. The lowest BCUT2D eigenvalue weighted by molar-refractivity contribution is -0.146. The highest BCUT2D eigenvalue weighted by Crippen LogP contribution is 2.63. The zero-order valence-electron chi connectivity index (χ0n) is 10.1. The van der Waals surface area contributed by atoms with E-state index in [9.17, 15) is 9.59 Å². The minimum Gasteiger partial charge on any atom is -0.396 e. The van der Waals surface area contributed by atoms with Gasteiger partial charge < -0.3 is 5.11 Å². The van der Waals surface area contributed by atoms with E-state index in [-0.39, 0.29) is 41.7 Å². The van der Waals surface area contributed by atoms with Gasteiger partial charge in [0.05, 0.1) is 11.8 Å². The molecule has 0 aromatic heterocycles. The molecule has 0 aromatic carbocycles. The average molecular weight is 225 g/mol. The number of hydrogen-bond acceptors (Lipinski definition) is 3. The SMILES string of the molecule is CCC(CCO)N1C(=O)C2C(C1=O)C2(C)C. The summed E-state index contributed by atoms with van der Waals surface area (Å²) in [4.78, 5) is 25.5. The number of rotatable bonds is 4. The fourth-order valence-electron chi connectivity index (χ4n) is 2.99. The zero-order chi connectivity index (χ0) is 12.1. The van der Waals surface area contributed by atoms with Crippen molar-refractivity contribution in [2.75, 3.05) is 6.61 Å². The molecule has 1 N–H and O–H groups in total. The van der Waals surface area contributed by atoms with Gasteiger partial charge in [0.2, 0.25) is 11.8 Å². The van der Waals surface area contributed by atoms with Gasteiger partial charge in [-0.25, -0.2) is 0 Å². The molecule has 0 spiro atoms. The molecular weight excluding hydrogens is 206 g/mol. The summed E-state index contributed by atoms with van der Waals surface area (Å²) in [5.74, 6) is -0.263. The standard InChI is InChI=1S/C12H19NO3/c1-4-7(5-6-14)13-10(15)8-9(11(13)16)12(8,2)3/h7-9,14H,4-6H2,1-3H3. The van der Waals surface area contributed by atoms with E-state index in [1.807, 2.05) is 20.8 Å². The maximum absolute atomic E-state index is 12.1. The molecule has 4 nitrogen and oxygen atoms in total. The van der Waals surface area contributed by atoms with Crippen molar-refractivity contribution in [1.82, 2.24) is 4.90 Å². The third-order valence-electron chi connectivity index (χ3n) is 4.13. The monoisotopic (exact) mass is 225 g/mol. The van der Waals surface area contributed by atoms with E-state index in [0.29, 0.717) is 6.42 Å². The summed E-state index contributed by atoms with van der Waals surface area (Å²) in [5.41, 5.74) is -0.137. The third kappa shape index (κ3) is 1.32. The van der Waals surface area contributed by atoms with Crippen LogP contribution >= 0.6 is 0 Å². The molecule has 90 valence electrons. The van der Waals surface area contributed by atoms with Gasteiger partial charge in [-0.1, -0.05) is 20.8 Å². The number of carbonyl (C=O) groups excluding carboxylic acids is 2. The number of likely N-dealkylation sites (tertiary alicyclic amines) is 1. The van der Waals surface area contributed by atoms with E-state index in [4.69, 9.17) is 5.11 Å². The second-order valence-electron chi connectivity index (χ2n) is 5.40. The van der Waals surface area contributed by atoms with E-state index in [0.717, 1.165) is 6.42 Å². The molecule has 1 saturated carbocycles. The van der Waals surface area contributed by atoms with E-state index < -0.39 is 0 Å². The van der Waals surface area contributed by atoms with Gasteiger partial charge in [-0.05, 0) is 18.3 Å². The van der Waals surface area contributed by atoms with Gasteiger partial charge in [-0.2, -0.15) is 0 Å². The van der Waals surface area contributed by atoms with Crippen molar-refractivity contribution in [3.8, 4) is 0 Å². The van der Waals surface area contributed by atoms with Crippen LogP contribution in [0.5, 0.6) is 0 Å². The Kier molecular flexibility index (Phi) is 2.57. The van der Waals surface area contributed by atoms with Crippen molar-refractivity contribution in [3.05, 3.63) is 0 Å². The Balaban J connectivity index is 2.15. The number of piperidine rings is 1. The summed E-state index contributed by atoms with van der Waals surface area (Å²) in [7, 11) is 0. The van der Waals surface area contributed by atoms with Crippen LogP contribution in [0.1, 0.15) is 33.6 Å². The maximum atomic E-state index is 12.1. The third-order valence-corrected chi connectivity index (χ3v) is 4.13. The number of fused-ring (bicyclic) bond motifs is 1. The van der Waals surface area contributed by atoms with Gasteiger partial charge >= 0.3 is 0 Å². The molecule has 0 bridgehead atoms. The van der Waals surface area contributed by atoms with Gasteiger partial charge in [-0.15, -0.1) is 0 Å². The molecule has 4 heteroatoms. The summed E-state index contributed by atoms with van der Waals surface area (Å²) in [5, 5.41) is 8.93. The Hall–Kier alpha value is -0.900. The Morgan fingerprint density at radius 3 is 2.19 bits per heavy atom. The molecule has 2 aliphatic rings. The molecule has 3 atom stereocenters. The second kappa shape index (κ2) is 3.55. The van der Waals surface area contributed by atoms with Crippen molar-refractivity contribution < 1.29 is 14.7 Å². The Morgan fingerprint density at radius 1 is 1.31 bits per heavy atom. The highest BCUT2D eigenvalue weighted by atomic mass is 16.3. The minimum absolute atomic E-state index is 0.0221. The lowest BCUT2D eigenvalue weighted by atomic mass is 10.0.